The van der Waals surface area contributed by atoms with Gasteiger partial charge < -0.3 is 9.84 Å². The molecule has 27 heavy (non-hydrogen) atoms. The van der Waals surface area contributed by atoms with Crippen molar-refractivity contribution in [1.29, 1.82) is 0 Å². The first-order valence-corrected chi connectivity index (χ1v) is 8.92. The highest BCUT2D eigenvalue weighted by Gasteiger charge is 2.12. The number of nitrogens with zero attached hydrogens (tertiary/aromatic N) is 1. The molecule has 7 heteroatoms. The molecule has 3 aromatic rings. The van der Waals surface area contributed by atoms with Crippen molar-refractivity contribution in [3.8, 4) is 11.5 Å². The molecule has 0 saturated heterocycles. The van der Waals surface area contributed by atoms with Crippen LogP contribution in [0.5, 0.6) is 11.5 Å². The number of carbonyl (C=O) groups is 1. The Balaban J connectivity index is 1.77. The molecule has 2 N–H and O–H groups in total. The summed E-state index contributed by atoms with van der Waals surface area (Å²) >= 11 is 12.3. The number of halogens is 2. The van der Waals surface area contributed by atoms with Gasteiger partial charge >= 0.3 is 0 Å². The summed E-state index contributed by atoms with van der Waals surface area (Å²) < 4.78 is 5.37. The number of nitrogens with one attached hydrogen (secondary N) is 1. The van der Waals surface area contributed by atoms with Crippen molar-refractivity contribution < 1.29 is 14.6 Å². The van der Waals surface area contributed by atoms with E-state index in [0.717, 1.165) is 10.8 Å². The molecule has 0 fully saturated rings. The molecular formula is C20H16Cl2N2O3. The highest BCUT2D eigenvalue weighted by atomic mass is 35.5. The van der Waals surface area contributed by atoms with Crippen LogP contribution < -0.4 is 10.2 Å². The van der Waals surface area contributed by atoms with Gasteiger partial charge in [0.15, 0.2) is 5.75 Å². The maximum absolute atomic E-state index is 12.3. The number of phenolic OH excluding ortho intramolecular Hbond substituents is 1. The Bertz CT molecular complexity index is 1010. The van der Waals surface area contributed by atoms with Crippen molar-refractivity contribution in [1.82, 2.24) is 5.43 Å². The Labute approximate surface area is 166 Å². The lowest BCUT2D eigenvalue weighted by molar-refractivity contribution is 0.0952. The lowest BCUT2D eigenvalue weighted by atomic mass is 10.1. The van der Waals surface area contributed by atoms with Crippen LogP contribution in [-0.4, -0.2) is 23.8 Å². The van der Waals surface area contributed by atoms with Crippen LogP contribution in [0.3, 0.4) is 0 Å². The van der Waals surface area contributed by atoms with Gasteiger partial charge in [-0.1, -0.05) is 47.5 Å². The minimum absolute atomic E-state index is 0.117. The van der Waals surface area contributed by atoms with E-state index in [4.69, 9.17) is 27.9 Å². The SMILES string of the molecule is CCOc1c(Cl)cc(C=NNC(=O)c2cc3ccccc3cc2O)cc1Cl. The van der Waals surface area contributed by atoms with Crippen LogP contribution in [0.2, 0.25) is 10.0 Å². The molecule has 0 saturated carbocycles. The number of phenols is 1. The van der Waals surface area contributed by atoms with Crippen LogP contribution in [0.15, 0.2) is 53.6 Å². The monoisotopic (exact) mass is 402 g/mol. The topological polar surface area (TPSA) is 70.9 Å². The normalized spacial score (nSPS) is 11.1. The van der Waals surface area contributed by atoms with Crippen LogP contribution in [-0.2, 0) is 0 Å². The van der Waals surface area contributed by atoms with E-state index in [9.17, 15) is 9.90 Å². The molecule has 5 nitrogen and oxygen atoms in total. The molecule has 0 aromatic heterocycles. The molecule has 0 aliphatic rings. The number of ether oxygens (including phenoxy) is 1. The van der Waals surface area contributed by atoms with Crippen LogP contribution in [0.25, 0.3) is 10.8 Å². The molecule has 3 rings (SSSR count). The second kappa shape index (κ2) is 8.29. The zero-order valence-electron chi connectivity index (χ0n) is 14.4. The highest BCUT2D eigenvalue weighted by Crippen LogP contribution is 2.33. The van der Waals surface area contributed by atoms with E-state index >= 15 is 0 Å². The number of carbonyl (C=O) groups excluding carboxylic acids is 1. The number of fused-ring (bicyclic) bond motifs is 1. The van der Waals surface area contributed by atoms with Crippen LogP contribution in [0, 0.1) is 0 Å². The van der Waals surface area contributed by atoms with Gasteiger partial charge in [0.1, 0.15) is 5.75 Å². The molecule has 0 heterocycles. The molecule has 1 amide bonds. The molecule has 0 bridgehead atoms. The van der Waals surface area contributed by atoms with E-state index in [1.54, 1.807) is 24.3 Å². The Kier molecular flexibility index (Phi) is 5.84. The van der Waals surface area contributed by atoms with Crippen LogP contribution in [0.1, 0.15) is 22.8 Å². The fraction of sp³-hybridized carbons (Fsp3) is 0.100. The summed E-state index contributed by atoms with van der Waals surface area (Å²) in [6.07, 6.45) is 1.41. The largest absolute Gasteiger partial charge is 0.507 e. The van der Waals surface area contributed by atoms with Crippen molar-refractivity contribution in [3.63, 3.8) is 0 Å². The molecule has 0 aliphatic carbocycles. The van der Waals surface area contributed by atoms with Gasteiger partial charge in [0.25, 0.3) is 5.91 Å². The van der Waals surface area contributed by atoms with Gasteiger partial charge in [0, 0.05) is 0 Å². The van der Waals surface area contributed by atoms with E-state index < -0.39 is 5.91 Å². The summed E-state index contributed by atoms with van der Waals surface area (Å²) in [6.45, 7) is 2.28. The summed E-state index contributed by atoms with van der Waals surface area (Å²) in [6, 6.07) is 13.8. The van der Waals surface area contributed by atoms with Gasteiger partial charge in [-0.25, -0.2) is 5.43 Å². The minimum Gasteiger partial charge on any atom is -0.507 e. The first-order chi connectivity index (χ1) is 13.0. The van der Waals surface area contributed by atoms with Gasteiger partial charge in [-0.15, -0.1) is 0 Å². The molecule has 0 unspecified atom stereocenters. The molecule has 0 spiro atoms. The van der Waals surface area contributed by atoms with E-state index in [2.05, 4.69) is 10.5 Å². The lowest BCUT2D eigenvalue weighted by Crippen LogP contribution is -2.17. The molecule has 3 aromatic carbocycles. The Hall–Kier alpha value is -2.76. The van der Waals surface area contributed by atoms with Crippen molar-refractivity contribution >= 4 is 46.1 Å². The van der Waals surface area contributed by atoms with Crippen molar-refractivity contribution in [2.45, 2.75) is 6.92 Å². The number of aromatic hydroxyl groups is 1. The van der Waals surface area contributed by atoms with Gasteiger partial charge in [-0.3, -0.25) is 4.79 Å². The third-order valence-corrected chi connectivity index (χ3v) is 4.36. The van der Waals surface area contributed by atoms with Crippen molar-refractivity contribution in [2.75, 3.05) is 6.61 Å². The lowest BCUT2D eigenvalue weighted by Gasteiger charge is -2.08. The third-order valence-electron chi connectivity index (χ3n) is 3.80. The summed E-state index contributed by atoms with van der Waals surface area (Å²) in [5.41, 5.74) is 3.11. The van der Waals surface area contributed by atoms with Gasteiger partial charge in [0.05, 0.1) is 28.4 Å². The van der Waals surface area contributed by atoms with Crippen LogP contribution >= 0.6 is 23.2 Å². The van der Waals surface area contributed by atoms with Crippen molar-refractivity contribution in [3.05, 3.63) is 69.7 Å². The quantitative estimate of drug-likeness (QED) is 0.465. The first-order valence-electron chi connectivity index (χ1n) is 8.16. The zero-order chi connectivity index (χ0) is 19.4. The van der Waals surface area contributed by atoms with Gasteiger partial charge in [-0.05, 0) is 47.5 Å². The maximum Gasteiger partial charge on any atom is 0.275 e. The second-order valence-electron chi connectivity index (χ2n) is 5.66. The number of hydrazone groups is 1. The average molecular weight is 403 g/mol. The summed E-state index contributed by atoms with van der Waals surface area (Å²) in [5, 5.41) is 16.4. The number of benzene rings is 3. The van der Waals surface area contributed by atoms with Gasteiger partial charge in [0.2, 0.25) is 0 Å². The molecular weight excluding hydrogens is 387 g/mol. The predicted octanol–water partition coefficient (Wildman–Crippen LogP) is 5.01. The smallest absolute Gasteiger partial charge is 0.275 e. The molecule has 138 valence electrons. The molecule has 0 aliphatic heterocycles. The first kappa shape index (κ1) is 19.0. The van der Waals surface area contributed by atoms with E-state index in [0.29, 0.717) is 28.0 Å². The van der Waals surface area contributed by atoms with E-state index in [1.807, 2.05) is 31.2 Å². The Morgan fingerprint density at radius 1 is 1.15 bits per heavy atom. The number of hydrogen-bond donors (Lipinski definition) is 2. The predicted molar refractivity (Wildman–Crippen MR) is 108 cm³/mol. The molecule has 0 radical (unpaired) electrons. The fourth-order valence-corrected chi connectivity index (χ4v) is 3.19. The standard InChI is InChI=1S/C20H16Cl2N2O3/c1-2-27-19-16(21)7-12(8-17(19)22)11-23-24-20(26)15-9-13-5-3-4-6-14(13)10-18(15)25/h3-11,25H,2H2,1H3,(H,24,26). The second-order valence-corrected chi connectivity index (χ2v) is 6.48. The number of amides is 1. The highest BCUT2D eigenvalue weighted by molar-refractivity contribution is 6.37. The zero-order valence-corrected chi connectivity index (χ0v) is 15.9. The van der Waals surface area contributed by atoms with Gasteiger partial charge in [-0.2, -0.15) is 5.10 Å². The minimum atomic E-state index is -0.530. The number of hydrogen-bond acceptors (Lipinski definition) is 4. The summed E-state index contributed by atoms with van der Waals surface area (Å²) in [7, 11) is 0. The van der Waals surface area contributed by atoms with Crippen molar-refractivity contribution in [2.24, 2.45) is 5.10 Å². The Morgan fingerprint density at radius 3 is 2.41 bits per heavy atom. The van der Waals surface area contributed by atoms with E-state index in [-0.39, 0.29) is 11.3 Å². The Morgan fingerprint density at radius 2 is 1.78 bits per heavy atom. The van der Waals surface area contributed by atoms with E-state index in [1.165, 1.54) is 6.21 Å². The number of rotatable bonds is 5. The molecule has 0 atom stereocenters. The maximum atomic E-state index is 12.3. The van der Waals surface area contributed by atoms with Crippen LogP contribution in [0.4, 0.5) is 0 Å². The average Bonchev–Trinajstić information content (AvgIpc) is 2.64. The third kappa shape index (κ3) is 4.32. The summed E-state index contributed by atoms with van der Waals surface area (Å²) in [5.74, 6) is -0.241. The fourth-order valence-electron chi connectivity index (χ4n) is 2.57. The summed E-state index contributed by atoms with van der Waals surface area (Å²) in [4.78, 5) is 12.3.